The number of nitrogens with zero attached hydrogens (tertiary/aromatic N) is 1. The summed E-state index contributed by atoms with van der Waals surface area (Å²) in [6.45, 7) is 4.89. The van der Waals surface area contributed by atoms with Crippen LogP contribution in [0.5, 0.6) is 0 Å². The molecule has 1 heterocycles. The number of carbonyl (C=O) groups excluding carboxylic acids is 2. The number of hydrogen-bond acceptors (Lipinski definition) is 4. The number of benzene rings is 1. The molecule has 0 N–H and O–H groups in total. The van der Waals surface area contributed by atoms with Crippen molar-refractivity contribution < 1.29 is 19.1 Å². The van der Waals surface area contributed by atoms with Crippen LogP contribution in [0, 0.1) is 5.92 Å². The van der Waals surface area contributed by atoms with Gasteiger partial charge in [-0.1, -0.05) is 30.3 Å². The lowest BCUT2D eigenvalue weighted by atomic mass is 9.90. The third kappa shape index (κ3) is 4.00. The minimum absolute atomic E-state index is 0.198. The second-order valence-electron chi connectivity index (χ2n) is 5.47. The molecular formula is C17H23NO4. The second-order valence-corrected chi connectivity index (χ2v) is 5.47. The summed E-state index contributed by atoms with van der Waals surface area (Å²) in [6, 6.07) is 9.36. The van der Waals surface area contributed by atoms with Gasteiger partial charge in [0.15, 0.2) is 0 Å². The number of hydrogen-bond donors (Lipinski definition) is 0. The predicted molar refractivity (Wildman–Crippen MR) is 82.2 cm³/mol. The van der Waals surface area contributed by atoms with E-state index in [1.807, 2.05) is 37.3 Å². The van der Waals surface area contributed by atoms with Crippen LogP contribution in [0.2, 0.25) is 0 Å². The lowest BCUT2D eigenvalue weighted by molar-refractivity contribution is -0.151. The van der Waals surface area contributed by atoms with Gasteiger partial charge in [-0.25, -0.2) is 4.79 Å². The molecule has 2 rings (SSSR count). The Morgan fingerprint density at radius 3 is 2.64 bits per heavy atom. The largest absolute Gasteiger partial charge is 0.466 e. The summed E-state index contributed by atoms with van der Waals surface area (Å²) in [5.74, 6) is -0.492. The first-order valence-corrected chi connectivity index (χ1v) is 7.77. The molecule has 1 aliphatic rings. The molecule has 0 aliphatic carbocycles. The summed E-state index contributed by atoms with van der Waals surface area (Å²) >= 11 is 0. The minimum atomic E-state index is -0.370. The average molecular weight is 305 g/mol. The molecule has 1 fully saturated rings. The highest BCUT2D eigenvalue weighted by Crippen LogP contribution is 2.25. The van der Waals surface area contributed by atoms with Crippen molar-refractivity contribution in [2.45, 2.75) is 39.3 Å². The topological polar surface area (TPSA) is 55.8 Å². The molecule has 5 heteroatoms. The minimum Gasteiger partial charge on any atom is -0.466 e. The van der Waals surface area contributed by atoms with Gasteiger partial charge in [0.2, 0.25) is 0 Å². The number of piperidine rings is 1. The van der Waals surface area contributed by atoms with E-state index in [0.717, 1.165) is 18.4 Å². The smallest absolute Gasteiger partial charge is 0.410 e. The Balaban J connectivity index is 1.92. The molecule has 0 spiro atoms. The zero-order valence-electron chi connectivity index (χ0n) is 13.2. The Morgan fingerprint density at radius 2 is 1.95 bits per heavy atom. The van der Waals surface area contributed by atoms with Crippen molar-refractivity contribution in [2.75, 3.05) is 13.2 Å². The first kappa shape index (κ1) is 16.3. The van der Waals surface area contributed by atoms with E-state index in [2.05, 4.69) is 0 Å². The van der Waals surface area contributed by atoms with Crippen LogP contribution < -0.4 is 0 Å². The molecule has 0 radical (unpaired) electrons. The Labute approximate surface area is 131 Å². The molecule has 0 bridgehead atoms. The molecule has 120 valence electrons. The van der Waals surface area contributed by atoms with Crippen molar-refractivity contribution in [2.24, 2.45) is 5.92 Å². The normalized spacial score (nSPS) is 21.3. The number of carbonyl (C=O) groups is 2. The van der Waals surface area contributed by atoms with Gasteiger partial charge in [-0.05, 0) is 32.3 Å². The van der Waals surface area contributed by atoms with E-state index in [4.69, 9.17) is 9.47 Å². The number of ether oxygens (including phenoxy) is 2. The van der Waals surface area contributed by atoms with Gasteiger partial charge >= 0.3 is 12.1 Å². The van der Waals surface area contributed by atoms with E-state index in [1.165, 1.54) is 0 Å². The van der Waals surface area contributed by atoms with Gasteiger partial charge in [0, 0.05) is 12.6 Å². The van der Waals surface area contributed by atoms with E-state index in [1.54, 1.807) is 11.8 Å². The van der Waals surface area contributed by atoms with Crippen molar-refractivity contribution >= 4 is 12.1 Å². The Hall–Kier alpha value is -2.04. The van der Waals surface area contributed by atoms with Crippen LogP contribution in [-0.2, 0) is 20.9 Å². The van der Waals surface area contributed by atoms with Gasteiger partial charge in [-0.3, -0.25) is 4.79 Å². The lowest BCUT2D eigenvalue weighted by Gasteiger charge is -2.37. The quantitative estimate of drug-likeness (QED) is 0.802. The van der Waals surface area contributed by atoms with Crippen molar-refractivity contribution in [1.29, 1.82) is 0 Å². The Kier molecular flexibility index (Phi) is 5.81. The third-order valence-corrected chi connectivity index (χ3v) is 4.02. The molecule has 1 aromatic rings. The highest BCUT2D eigenvalue weighted by Gasteiger charge is 2.36. The molecule has 1 aliphatic heterocycles. The van der Waals surface area contributed by atoms with E-state index in [9.17, 15) is 9.59 Å². The zero-order valence-corrected chi connectivity index (χ0v) is 13.2. The van der Waals surface area contributed by atoms with Crippen LogP contribution in [-0.4, -0.2) is 36.2 Å². The van der Waals surface area contributed by atoms with Crippen LogP contribution in [0.4, 0.5) is 4.79 Å². The maximum Gasteiger partial charge on any atom is 0.410 e. The van der Waals surface area contributed by atoms with Gasteiger partial charge in [0.25, 0.3) is 0 Å². The standard InChI is InChI=1S/C17H23NO4/c1-3-21-16(19)15-10-7-11-18(13(15)2)17(20)22-12-14-8-5-4-6-9-14/h4-6,8-9,13,15H,3,7,10-12H2,1-2H3. The zero-order chi connectivity index (χ0) is 15.9. The summed E-state index contributed by atoms with van der Waals surface area (Å²) in [5, 5.41) is 0. The van der Waals surface area contributed by atoms with E-state index < -0.39 is 0 Å². The second kappa shape index (κ2) is 7.82. The number of likely N-dealkylation sites (tertiary alicyclic amines) is 1. The molecule has 1 amide bonds. The maximum atomic E-state index is 12.3. The van der Waals surface area contributed by atoms with Crippen molar-refractivity contribution in [3.8, 4) is 0 Å². The molecule has 22 heavy (non-hydrogen) atoms. The number of amides is 1. The first-order chi connectivity index (χ1) is 10.6. The molecule has 5 nitrogen and oxygen atoms in total. The third-order valence-electron chi connectivity index (χ3n) is 4.02. The van der Waals surface area contributed by atoms with Crippen LogP contribution in [0.15, 0.2) is 30.3 Å². The van der Waals surface area contributed by atoms with Gasteiger partial charge in [0.1, 0.15) is 6.61 Å². The predicted octanol–water partition coefficient (Wildman–Crippen LogP) is 2.99. The van der Waals surface area contributed by atoms with Crippen LogP contribution in [0.3, 0.4) is 0 Å². The molecule has 1 aromatic carbocycles. The van der Waals surface area contributed by atoms with Crippen LogP contribution in [0.1, 0.15) is 32.3 Å². The van der Waals surface area contributed by atoms with E-state index in [0.29, 0.717) is 13.2 Å². The summed E-state index contributed by atoms with van der Waals surface area (Å²) in [5.41, 5.74) is 0.947. The fourth-order valence-electron chi connectivity index (χ4n) is 2.77. The Morgan fingerprint density at radius 1 is 1.23 bits per heavy atom. The van der Waals surface area contributed by atoms with Gasteiger partial charge in [0.05, 0.1) is 12.5 Å². The van der Waals surface area contributed by atoms with Crippen molar-refractivity contribution in [1.82, 2.24) is 4.90 Å². The summed E-state index contributed by atoms with van der Waals surface area (Å²) in [4.78, 5) is 25.8. The SMILES string of the molecule is CCOC(=O)C1CCCN(C(=O)OCc2ccccc2)C1C. The number of rotatable bonds is 4. The van der Waals surface area contributed by atoms with E-state index >= 15 is 0 Å². The molecule has 1 saturated heterocycles. The highest BCUT2D eigenvalue weighted by molar-refractivity contribution is 5.75. The highest BCUT2D eigenvalue weighted by atomic mass is 16.6. The van der Waals surface area contributed by atoms with Gasteiger partial charge in [-0.15, -0.1) is 0 Å². The first-order valence-electron chi connectivity index (χ1n) is 7.77. The maximum absolute atomic E-state index is 12.3. The molecule has 0 saturated carbocycles. The van der Waals surface area contributed by atoms with E-state index in [-0.39, 0.29) is 30.6 Å². The van der Waals surface area contributed by atoms with Crippen molar-refractivity contribution in [3.63, 3.8) is 0 Å². The van der Waals surface area contributed by atoms with Crippen molar-refractivity contribution in [3.05, 3.63) is 35.9 Å². The average Bonchev–Trinajstić information content (AvgIpc) is 2.54. The summed E-state index contributed by atoms with van der Waals surface area (Å²) < 4.78 is 10.5. The van der Waals surface area contributed by atoms with Gasteiger partial charge < -0.3 is 14.4 Å². The van der Waals surface area contributed by atoms with Gasteiger partial charge in [-0.2, -0.15) is 0 Å². The molecule has 0 aromatic heterocycles. The lowest BCUT2D eigenvalue weighted by Crippen LogP contribution is -2.49. The van der Waals surface area contributed by atoms with Crippen LogP contribution >= 0.6 is 0 Å². The Bertz CT molecular complexity index is 503. The molecular weight excluding hydrogens is 282 g/mol. The molecule has 2 atom stereocenters. The summed E-state index contributed by atoms with van der Waals surface area (Å²) in [6.07, 6.45) is 1.17. The fourth-order valence-corrected chi connectivity index (χ4v) is 2.77. The fraction of sp³-hybridized carbons (Fsp3) is 0.529. The monoisotopic (exact) mass is 305 g/mol. The molecule has 2 unspecified atom stereocenters. The summed E-state index contributed by atoms with van der Waals surface area (Å²) in [7, 11) is 0. The van der Waals surface area contributed by atoms with Crippen LogP contribution in [0.25, 0.3) is 0 Å². The number of esters is 1.